The van der Waals surface area contributed by atoms with E-state index in [0.29, 0.717) is 0 Å². The van der Waals surface area contributed by atoms with Gasteiger partial charge in [-0.2, -0.15) is 0 Å². The van der Waals surface area contributed by atoms with Crippen LogP contribution in [0.15, 0.2) is 0 Å². The first-order valence-electron chi connectivity index (χ1n) is 0. The Hall–Kier alpha value is 4.11. The van der Waals surface area contributed by atoms with Crippen molar-refractivity contribution in [2.45, 2.75) is 0 Å². The molecule has 0 amide bonds. The molecular formula is CdGaInOPbSn. The molecule has 6 heteroatoms. The smallest absolute Gasteiger partial charge is 2.00 e. The third-order valence-corrected chi connectivity index (χ3v) is 0. The third-order valence-electron chi connectivity index (χ3n) is 0. The third kappa shape index (κ3) is 24.3. The molecule has 0 spiro atoms. The van der Waals surface area contributed by atoms with Crippen LogP contribution in [-0.2, 0) is 32.8 Å². The van der Waals surface area contributed by atoms with Gasteiger partial charge in [-0.05, 0) is 0 Å². The normalized spacial score (nSPS) is 0. The summed E-state index contributed by atoms with van der Waals surface area (Å²) in [5.41, 5.74) is 0. The minimum Gasteiger partial charge on any atom is -2.00 e. The van der Waals surface area contributed by atoms with Crippen molar-refractivity contribution in [2.75, 3.05) is 0 Å². The fourth-order valence-electron chi connectivity index (χ4n) is 0. The fraction of sp³-hybridized carbons (Fsp3) is 0. The molecule has 0 heterocycles. The molecule has 0 atom stereocenters. The van der Waals surface area contributed by atoms with E-state index >= 15 is 0 Å². The predicted octanol–water partition coefficient (Wildman–Crippen LogP) is -1.64. The number of rotatable bonds is 0. The second-order valence-electron chi connectivity index (χ2n) is 0. The molecule has 1 nitrogen and oxygen atoms in total. The van der Waals surface area contributed by atoms with Crippen molar-refractivity contribution >= 4 is 96.8 Å². The Labute approximate surface area is 127 Å². The van der Waals surface area contributed by atoms with Crippen LogP contribution in [0.25, 0.3) is 0 Å². The average molecular weight is 639 g/mol. The first-order chi connectivity index (χ1) is 0. The van der Waals surface area contributed by atoms with Crippen molar-refractivity contribution in [3.63, 3.8) is 0 Å². The van der Waals surface area contributed by atoms with E-state index in [0.717, 1.165) is 0 Å². The predicted molar refractivity (Wildman–Crippen MR) is 23.7 cm³/mol. The van der Waals surface area contributed by atoms with E-state index in [1.807, 2.05) is 0 Å². The zero-order valence-electron chi connectivity index (χ0n) is 3.27. The molecule has 0 bridgehead atoms. The van der Waals surface area contributed by atoms with Crippen molar-refractivity contribution in [3.8, 4) is 0 Å². The molecule has 0 saturated carbocycles. The summed E-state index contributed by atoms with van der Waals surface area (Å²) in [4.78, 5) is 0. The standard InChI is InChI=1S/Cd.Ga.In.O.Pb.Sn/q;;;-2;+2;. The van der Waals surface area contributed by atoms with E-state index in [1.165, 1.54) is 0 Å². The molecule has 0 rings (SSSR count). The maximum Gasteiger partial charge on any atom is 2.00 e. The van der Waals surface area contributed by atoms with E-state index in [4.69, 9.17) is 0 Å². The van der Waals surface area contributed by atoms with Gasteiger partial charge in [-0.1, -0.05) is 0 Å². The summed E-state index contributed by atoms with van der Waals surface area (Å²) in [5.74, 6) is 0. The first kappa shape index (κ1) is 49.7. The van der Waals surface area contributed by atoms with Crippen LogP contribution >= 0.6 is 0 Å². The Morgan fingerprint density at radius 2 is 1.00 bits per heavy atom. The molecule has 0 aromatic carbocycles. The average Bonchev–Trinajstić information content (AvgIpc) is 0. The summed E-state index contributed by atoms with van der Waals surface area (Å²) in [6.45, 7) is 0. The zero-order chi connectivity index (χ0) is 0. The Balaban J connectivity index is 0. The molecule has 6 heavy (non-hydrogen) atoms. The molecule has 12 radical (unpaired) electrons. The molecule has 0 aliphatic carbocycles. The van der Waals surface area contributed by atoms with Gasteiger partial charge < -0.3 is 5.48 Å². The molecule has 0 aliphatic heterocycles. The largest absolute Gasteiger partial charge is 2.00 e. The fourth-order valence-corrected chi connectivity index (χ4v) is 0. The summed E-state index contributed by atoms with van der Waals surface area (Å²) in [5, 5.41) is 0. The summed E-state index contributed by atoms with van der Waals surface area (Å²) in [6.07, 6.45) is 0. The Morgan fingerprint density at radius 1 is 1.00 bits per heavy atom. The summed E-state index contributed by atoms with van der Waals surface area (Å²) >= 11 is 0. The minimum atomic E-state index is 0. The minimum absolute atomic E-state index is 0. The Bertz CT molecular complexity index is 15.5. The van der Waals surface area contributed by atoms with Gasteiger partial charge in [-0.25, -0.2) is 0 Å². The number of hydrogen-bond donors (Lipinski definition) is 0. The topological polar surface area (TPSA) is 28.5 Å². The van der Waals surface area contributed by atoms with Crippen molar-refractivity contribution in [1.29, 1.82) is 0 Å². The van der Waals surface area contributed by atoms with Crippen LogP contribution in [0.1, 0.15) is 0 Å². The van der Waals surface area contributed by atoms with Gasteiger partial charge in [0.25, 0.3) is 0 Å². The Kier molecular flexibility index (Phi) is 294. The summed E-state index contributed by atoms with van der Waals surface area (Å²) in [7, 11) is 0. The van der Waals surface area contributed by atoms with Crippen molar-refractivity contribution < 1.29 is 32.8 Å². The summed E-state index contributed by atoms with van der Waals surface area (Å²) < 4.78 is 0. The van der Waals surface area contributed by atoms with E-state index < -0.39 is 0 Å². The quantitative estimate of drug-likeness (QED) is 0.285. The van der Waals surface area contributed by atoms with Gasteiger partial charge in [0.15, 0.2) is 0 Å². The van der Waals surface area contributed by atoms with Gasteiger partial charge in [-0.15, -0.1) is 0 Å². The molecule has 0 unspecified atom stereocenters. The van der Waals surface area contributed by atoms with E-state index in [-0.39, 0.29) is 130 Å². The molecule has 0 saturated heterocycles. The molecule has 0 aromatic heterocycles. The molecule has 0 aliphatic rings. The van der Waals surface area contributed by atoms with E-state index in [2.05, 4.69) is 0 Å². The molecule has 0 N–H and O–H groups in total. The van der Waals surface area contributed by atoms with E-state index in [1.54, 1.807) is 0 Å². The van der Waals surface area contributed by atoms with Crippen LogP contribution in [-0.4, -0.2) is 96.8 Å². The van der Waals surface area contributed by atoms with Crippen LogP contribution in [0, 0.1) is 0 Å². The molecular weight excluding hydrogens is 639 g/mol. The second kappa shape index (κ2) is 35.5. The van der Waals surface area contributed by atoms with Crippen LogP contribution in [0.4, 0.5) is 0 Å². The van der Waals surface area contributed by atoms with Crippen molar-refractivity contribution in [2.24, 2.45) is 0 Å². The van der Waals surface area contributed by atoms with Crippen LogP contribution in [0.2, 0.25) is 0 Å². The maximum atomic E-state index is 0. The van der Waals surface area contributed by atoms with Crippen molar-refractivity contribution in [3.05, 3.63) is 0 Å². The van der Waals surface area contributed by atoms with Gasteiger partial charge in [0.05, 0.1) is 0 Å². The van der Waals surface area contributed by atoms with Gasteiger partial charge in [0, 0.05) is 96.8 Å². The van der Waals surface area contributed by atoms with Crippen molar-refractivity contribution in [1.82, 2.24) is 0 Å². The molecule has 0 aromatic rings. The Morgan fingerprint density at radius 3 is 1.00 bits per heavy atom. The van der Waals surface area contributed by atoms with Crippen LogP contribution in [0.3, 0.4) is 0 Å². The SMILES string of the molecule is [Cd].[Ga].[In].[O-2].[Pb+2].[Sn]. The molecule has 22 valence electrons. The van der Waals surface area contributed by atoms with Gasteiger partial charge in [0.1, 0.15) is 0 Å². The second-order valence-corrected chi connectivity index (χ2v) is 0. The van der Waals surface area contributed by atoms with Gasteiger partial charge >= 0.3 is 27.3 Å². The monoisotopic (exact) mass is 642 g/mol. The van der Waals surface area contributed by atoms with Crippen LogP contribution in [0.5, 0.6) is 0 Å². The van der Waals surface area contributed by atoms with Crippen LogP contribution < -0.4 is 0 Å². The molecule has 0 fully saturated rings. The zero-order valence-corrected chi connectivity index (χ0v) is 19.8. The number of hydrogen-bond acceptors (Lipinski definition) is 0. The van der Waals surface area contributed by atoms with Gasteiger partial charge in [-0.3, -0.25) is 0 Å². The summed E-state index contributed by atoms with van der Waals surface area (Å²) in [6, 6.07) is 0. The van der Waals surface area contributed by atoms with Gasteiger partial charge in [0.2, 0.25) is 0 Å². The van der Waals surface area contributed by atoms with E-state index in [9.17, 15) is 0 Å². The first-order valence-corrected chi connectivity index (χ1v) is 0. The maximum absolute atomic E-state index is 0.